The van der Waals surface area contributed by atoms with Crippen LogP contribution in [0.15, 0.2) is 18.3 Å². The average Bonchev–Trinajstić information content (AvgIpc) is 2.32. The minimum Gasteiger partial charge on any atom is -0.383 e. The fraction of sp³-hybridized carbons (Fsp3) is 0.615. The van der Waals surface area contributed by atoms with Crippen LogP contribution in [0.5, 0.6) is 0 Å². The van der Waals surface area contributed by atoms with E-state index in [0.29, 0.717) is 18.5 Å². The van der Waals surface area contributed by atoms with E-state index in [9.17, 15) is 17.9 Å². The predicted molar refractivity (Wildman–Crippen MR) is 67.7 cm³/mol. The van der Waals surface area contributed by atoms with Gasteiger partial charge in [-0.25, -0.2) is 12.8 Å². The number of aliphatic hydroxyl groups is 1. The number of halogens is 1. The number of pyridine rings is 1. The second kappa shape index (κ2) is 4.24. The molecular formula is C13H16FNO3S. The molecule has 2 aliphatic rings. The summed E-state index contributed by atoms with van der Waals surface area (Å²) in [5.41, 5.74) is -0.866. The zero-order valence-corrected chi connectivity index (χ0v) is 11.2. The molecule has 2 saturated heterocycles. The maximum absolute atomic E-state index is 12.9. The van der Waals surface area contributed by atoms with Crippen molar-refractivity contribution in [1.29, 1.82) is 0 Å². The Morgan fingerprint density at radius 2 is 1.89 bits per heavy atom. The van der Waals surface area contributed by atoms with Gasteiger partial charge in [0.25, 0.3) is 0 Å². The summed E-state index contributed by atoms with van der Waals surface area (Å²) in [7, 11) is -3.11. The fourth-order valence-electron chi connectivity index (χ4n) is 3.31. The van der Waals surface area contributed by atoms with Crippen molar-refractivity contribution < 1.29 is 17.9 Å². The molecule has 0 saturated carbocycles. The third-order valence-electron chi connectivity index (χ3n) is 4.32. The van der Waals surface area contributed by atoms with E-state index >= 15 is 0 Å². The molecular weight excluding hydrogens is 269 g/mol. The van der Waals surface area contributed by atoms with E-state index in [2.05, 4.69) is 4.98 Å². The van der Waals surface area contributed by atoms with Gasteiger partial charge in [0.05, 0.1) is 22.4 Å². The van der Waals surface area contributed by atoms with Gasteiger partial charge in [0.2, 0.25) is 0 Å². The summed E-state index contributed by atoms with van der Waals surface area (Å²) < 4.78 is 37.2. The van der Waals surface area contributed by atoms with Crippen molar-refractivity contribution in [1.82, 2.24) is 4.98 Å². The highest BCUT2D eigenvalue weighted by Gasteiger charge is 2.51. The molecule has 2 unspecified atom stereocenters. The molecule has 0 radical (unpaired) electrons. The molecule has 19 heavy (non-hydrogen) atoms. The SMILES string of the molecule is O=S1(=O)C2CCCC1CC(O)(c1ccc(F)cn1)C2. The highest BCUT2D eigenvalue weighted by atomic mass is 32.2. The molecule has 2 fully saturated rings. The van der Waals surface area contributed by atoms with Gasteiger partial charge in [-0.2, -0.15) is 0 Å². The van der Waals surface area contributed by atoms with Crippen LogP contribution in [0.1, 0.15) is 37.8 Å². The smallest absolute Gasteiger partial charge is 0.156 e. The monoisotopic (exact) mass is 285 g/mol. The van der Waals surface area contributed by atoms with Crippen molar-refractivity contribution in [3.05, 3.63) is 29.8 Å². The Bertz CT molecular complexity index is 564. The van der Waals surface area contributed by atoms with Gasteiger partial charge in [0.1, 0.15) is 11.4 Å². The van der Waals surface area contributed by atoms with Crippen LogP contribution < -0.4 is 0 Å². The second-order valence-corrected chi connectivity index (χ2v) is 8.08. The number of fused-ring (bicyclic) bond motifs is 2. The summed E-state index contributed by atoms with van der Waals surface area (Å²) in [4.78, 5) is 3.93. The molecule has 6 heteroatoms. The van der Waals surface area contributed by atoms with Crippen molar-refractivity contribution in [3.63, 3.8) is 0 Å². The normalized spacial score (nSPS) is 36.9. The maximum Gasteiger partial charge on any atom is 0.156 e. The van der Waals surface area contributed by atoms with Crippen LogP contribution in [0, 0.1) is 5.82 Å². The van der Waals surface area contributed by atoms with Crippen molar-refractivity contribution in [3.8, 4) is 0 Å². The minimum absolute atomic E-state index is 0.171. The van der Waals surface area contributed by atoms with E-state index < -0.39 is 31.8 Å². The summed E-state index contributed by atoms with van der Waals surface area (Å²) in [5, 5.41) is 9.74. The number of hydrogen-bond acceptors (Lipinski definition) is 4. The highest BCUT2D eigenvalue weighted by Crippen LogP contribution is 2.45. The third-order valence-corrected chi connectivity index (χ3v) is 6.98. The molecule has 1 aromatic heterocycles. The number of sulfone groups is 1. The molecule has 0 aromatic carbocycles. The van der Waals surface area contributed by atoms with E-state index in [0.717, 1.165) is 12.6 Å². The number of aromatic nitrogens is 1. The lowest BCUT2D eigenvalue weighted by Gasteiger charge is -2.43. The van der Waals surface area contributed by atoms with Gasteiger partial charge in [-0.05, 0) is 37.8 Å². The van der Waals surface area contributed by atoms with Crippen LogP contribution in [0.4, 0.5) is 4.39 Å². The lowest BCUT2D eigenvalue weighted by molar-refractivity contribution is 0.000899. The van der Waals surface area contributed by atoms with Crippen LogP contribution in [-0.2, 0) is 15.4 Å². The van der Waals surface area contributed by atoms with Gasteiger partial charge in [-0.1, -0.05) is 6.42 Å². The van der Waals surface area contributed by atoms with Crippen molar-refractivity contribution >= 4 is 9.84 Å². The minimum atomic E-state index is -3.11. The van der Waals surface area contributed by atoms with E-state index in [-0.39, 0.29) is 12.8 Å². The lowest BCUT2D eigenvalue weighted by atomic mass is 9.83. The molecule has 0 amide bonds. The first-order valence-electron chi connectivity index (χ1n) is 6.49. The number of hydrogen-bond donors (Lipinski definition) is 1. The van der Waals surface area contributed by atoms with Gasteiger partial charge in [0.15, 0.2) is 9.84 Å². The standard InChI is InChI=1S/C13H16FNO3S/c14-9-4-5-12(15-8-9)13(16)6-10-2-1-3-11(7-13)19(10,17)18/h4-5,8,10-11,16H,1-3,6-7H2. The Morgan fingerprint density at radius 1 is 1.26 bits per heavy atom. The quantitative estimate of drug-likeness (QED) is 0.850. The van der Waals surface area contributed by atoms with E-state index in [4.69, 9.17) is 0 Å². The van der Waals surface area contributed by atoms with Crippen LogP contribution in [0.25, 0.3) is 0 Å². The predicted octanol–water partition coefficient (Wildman–Crippen LogP) is 1.54. The van der Waals surface area contributed by atoms with Gasteiger partial charge in [0, 0.05) is 0 Å². The molecule has 0 spiro atoms. The molecule has 0 aliphatic carbocycles. The molecule has 3 heterocycles. The summed E-state index contributed by atoms with van der Waals surface area (Å²) in [6, 6.07) is 2.70. The second-order valence-electron chi connectivity index (χ2n) is 5.57. The maximum atomic E-state index is 12.9. The molecule has 2 atom stereocenters. The molecule has 2 aliphatic heterocycles. The van der Waals surface area contributed by atoms with E-state index in [1.807, 2.05) is 0 Å². The first-order valence-corrected chi connectivity index (χ1v) is 8.10. The van der Waals surface area contributed by atoms with Gasteiger partial charge in [-0.15, -0.1) is 0 Å². The van der Waals surface area contributed by atoms with Gasteiger partial charge in [-0.3, -0.25) is 4.98 Å². The molecule has 1 aromatic rings. The summed E-state index contributed by atoms with van der Waals surface area (Å²) >= 11 is 0. The largest absolute Gasteiger partial charge is 0.383 e. The Hall–Kier alpha value is -1.01. The summed E-state index contributed by atoms with van der Waals surface area (Å²) in [5.74, 6) is -0.462. The first-order chi connectivity index (χ1) is 8.92. The Morgan fingerprint density at radius 3 is 2.42 bits per heavy atom. The Kier molecular flexibility index (Phi) is 2.90. The molecule has 3 rings (SSSR count). The van der Waals surface area contributed by atoms with Crippen LogP contribution >= 0.6 is 0 Å². The molecule has 4 nitrogen and oxygen atoms in total. The Labute approximate surface area is 111 Å². The zero-order valence-electron chi connectivity index (χ0n) is 10.4. The summed E-state index contributed by atoms with van der Waals surface area (Å²) in [6.45, 7) is 0. The van der Waals surface area contributed by atoms with E-state index in [1.165, 1.54) is 12.1 Å². The van der Waals surface area contributed by atoms with Crippen molar-refractivity contribution in [2.75, 3.05) is 0 Å². The van der Waals surface area contributed by atoms with Crippen molar-refractivity contribution in [2.45, 2.75) is 48.2 Å². The number of nitrogens with zero attached hydrogens (tertiary/aromatic N) is 1. The van der Waals surface area contributed by atoms with E-state index in [1.54, 1.807) is 0 Å². The average molecular weight is 285 g/mol. The van der Waals surface area contributed by atoms with Gasteiger partial charge < -0.3 is 5.11 Å². The van der Waals surface area contributed by atoms with Gasteiger partial charge >= 0.3 is 0 Å². The van der Waals surface area contributed by atoms with Crippen LogP contribution in [-0.4, -0.2) is 29.0 Å². The fourth-order valence-corrected chi connectivity index (χ4v) is 5.86. The Balaban J connectivity index is 1.97. The van der Waals surface area contributed by atoms with Crippen LogP contribution in [0.3, 0.4) is 0 Å². The lowest BCUT2D eigenvalue weighted by Crippen LogP contribution is -2.50. The molecule has 104 valence electrons. The third kappa shape index (κ3) is 2.07. The highest BCUT2D eigenvalue weighted by molar-refractivity contribution is 7.92. The summed E-state index contributed by atoms with van der Waals surface area (Å²) in [6.07, 6.45) is 3.49. The van der Waals surface area contributed by atoms with Crippen LogP contribution in [0.2, 0.25) is 0 Å². The first kappa shape index (κ1) is 13.0. The number of rotatable bonds is 1. The topological polar surface area (TPSA) is 67.3 Å². The molecule has 1 N–H and O–H groups in total. The zero-order chi connectivity index (χ0) is 13.7. The molecule has 2 bridgehead atoms. The van der Waals surface area contributed by atoms with Crippen molar-refractivity contribution in [2.24, 2.45) is 0 Å².